The summed E-state index contributed by atoms with van der Waals surface area (Å²) < 4.78 is 43.5. The van der Waals surface area contributed by atoms with Crippen LogP contribution in [0.3, 0.4) is 0 Å². The van der Waals surface area contributed by atoms with Crippen LogP contribution in [0, 0.1) is 0 Å². The first-order chi connectivity index (χ1) is 11.3. The van der Waals surface area contributed by atoms with Gasteiger partial charge in [-0.25, -0.2) is 4.79 Å². The molecule has 0 saturated heterocycles. The van der Waals surface area contributed by atoms with Crippen molar-refractivity contribution in [1.29, 1.82) is 0 Å². The summed E-state index contributed by atoms with van der Waals surface area (Å²) in [5.74, 6) is -0.574. The maximum atomic E-state index is 12.6. The quantitative estimate of drug-likeness (QED) is 0.879. The van der Waals surface area contributed by atoms with E-state index >= 15 is 0 Å². The van der Waals surface area contributed by atoms with Crippen LogP contribution in [0.1, 0.15) is 33.1 Å². The number of carboxylic acids is 1. The Kier molecular flexibility index (Phi) is 4.19. The molecule has 2 aromatic rings. The van der Waals surface area contributed by atoms with E-state index in [9.17, 15) is 18.0 Å². The minimum Gasteiger partial charge on any atom is -0.491 e. The Hall–Kier alpha value is -2.54. The largest absolute Gasteiger partial charge is 0.491 e. The number of carboxylic acid groups (broad SMARTS) is 1. The number of halogens is 3. The minimum absolute atomic E-state index is 0.127. The molecule has 24 heavy (non-hydrogen) atoms. The Morgan fingerprint density at radius 2 is 1.88 bits per heavy atom. The van der Waals surface area contributed by atoms with E-state index in [1.54, 1.807) is 6.07 Å². The van der Waals surface area contributed by atoms with Crippen molar-refractivity contribution in [2.75, 3.05) is 6.61 Å². The summed E-state index contributed by atoms with van der Waals surface area (Å²) in [5, 5.41) is 12.2. The lowest BCUT2D eigenvalue weighted by molar-refractivity contribution is -0.137. The van der Waals surface area contributed by atoms with Gasteiger partial charge in [-0.1, -0.05) is 18.2 Å². The number of nitrogens with one attached hydrogen (secondary N) is 1. The second-order valence-electron chi connectivity index (χ2n) is 5.49. The van der Waals surface area contributed by atoms with E-state index in [-0.39, 0.29) is 18.2 Å². The zero-order valence-electron chi connectivity index (χ0n) is 12.4. The molecule has 0 fully saturated rings. The first-order valence-electron chi connectivity index (χ1n) is 7.24. The van der Waals surface area contributed by atoms with Crippen molar-refractivity contribution in [3.05, 3.63) is 64.7 Å². The van der Waals surface area contributed by atoms with E-state index in [2.05, 4.69) is 5.32 Å². The Balaban J connectivity index is 1.78. The van der Waals surface area contributed by atoms with Crippen molar-refractivity contribution in [1.82, 2.24) is 5.32 Å². The zero-order chi connectivity index (χ0) is 17.3. The molecular weight excluding hydrogens is 323 g/mol. The second-order valence-corrected chi connectivity index (χ2v) is 5.49. The Bertz CT molecular complexity index is 757. The van der Waals surface area contributed by atoms with Gasteiger partial charge in [-0.05, 0) is 29.8 Å². The Labute approximate surface area is 135 Å². The number of hydrogen-bond acceptors (Lipinski definition) is 3. The van der Waals surface area contributed by atoms with Crippen LogP contribution in [0.5, 0.6) is 5.75 Å². The van der Waals surface area contributed by atoms with Gasteiger partial charge in [0, 0.05) is 12.1 Å². The molecule has 0 radical (unpaired) electrons. The average molecular weight is 337 g/mol. The summed E-state index contributed by atoms with van der Waals surface area (Å²) >= 11 is 0. The number of alkyl halides is 3. The molecule has 0 aromatic heterocycles. The molecule has 0 aliphatic carbocycles. The third-order valence-electron chi connectivity index (χ3n) is 3.90. The smallest absolute Gasteiger partial charge is 0.416 e. The van der Waals surface area contributed by atoms with Crippen molar-refractivity contribution in [2.24, 2.45) is 0 Å². The molecule has 2 N–H and O–H groups in total. The number of hydrogen-bond donors (Lipinski definition) is 2. The molecule has 1 atom stereocenters. The third kappa shape index (κ3) is 3.35. The first kappa shape index (κ1) is 16.3. The van der Waals surface area contributed by atoms with Crippen molar-refractivity contribution in [3.63, 3.8) is 0 Å². The molecule has 1 aliphatic rings. The van der Waals surface area contributed by atoms with E-state index in [1.165, 1.54) is 24.3 Å². The Morgan fingerprint density at radius 1 is 1.17 bits per heavy atom. The van der Waals surface area contributed by atoms with E-state index < -0.39 is 17.7 Å². The maximum Gasteiger partial charge on any atom is 0.416 e. The van der Waals surface area contributed by atoms with Crippen LogP contribution >= 0.6 is 0 Å². The van der Waals surface area contributed by atoms with Gasteiger partial charge in [0.05, 0.1) is 17.2 Å². The van der Waals surface area contributed by atoms with E-state index in [4.69, 9.17) is 9.84 Å². The summed E-state index contributed by atoms with van der Waals surface area (Å²) in [6.45, 7) is 0.627. The highest BCUT2D eigenvalue weighted by molar-refractivity contribution is 5.88. The molecular formula is C17H14F3NO3. The lowest BCUT2D eigenvalue weighted by Crippen LogP contribution is -2.23. The molecule has 0 amide bonds. The fourth-order valence-corrected chi connectivity index (χ4v) is 2.55. The molecule has 0 unspecified atom stereocenters. The van der Waals surface area contributed by atoms with Crippen LogP contribution in [0.4, 0.5) is 13.2 Å². The van der Waals surface area contributed by atoms with Crippen LogP contribution < -0.4 is 10.1 Å². The van der Waals surface area contributed by atoms with Gasteiger partial charge in [0.25, 0.3) is 0 Å². The SMILES string of the molecule is O=C(O)c1ccc2c(c1)OC[C@H](c1ccc(C(F)(F)F)cc1)NC2. The first-order valence-corrected chi connectivity index (χ1v) is 7.24. The minimum atomic E-state index is -4.37. The van der Waals surface area contributed by atoms with Gasteiger partial charge >= 0.3 is 12.1 Å². The van der Waals surface area contributed by atoms with Gasteiger partial charge in [-0.3, -0.25) is 0 Å². The molecule has 1 aliphatic heterocycles. The third-order valence-corrected chi connectivity index (χ3v) is 3.90. The monoisotopic (exact) mass is 337 g/mol. The maximum absolute atomic E-state index is 12.6. The lowest BCUT2D eigenvalue weighted by atomic mass is 10.0. The van der Waals surface area contributed by atoms with Crippen molar-refractivity contribution in [2.45, 2.75) is 18.8 Å². The molecule has 7 heteroatoms. The van der Waals surface area contributed by atoms with Crippen molar-refractivity contribution < 1.29 is 27.8 Å². The predicted molar refractivity (Wildman–Crippen MR) is 79.9 cm³/mol. The standard InChI is InChI=1S/C17H14F3NO3/c18-17(19,20)13-5-3-10(4-6-13)14-9-24-15-7-11(16(22)23)1-2-12(15)8-21-14/h1-7,14,21H,8-9H2,(H,22,23)/t14-/m1/s1. The van der Waals surface area contributed by atoms with Gasteiger partial charge in [0.1, 0.15) is 12.4 Å². The normalized spacial score (nSPS) is 17.5. The molecule has 3 rings (SSSR count). The molecule has 126 valence electrons. The molecule has 0 bridgehead atoms. The van der Waals surface area contributed by atoms with E-state index in [0.717, 1.165) is 17.7 Å². The number of rotatable bonds is 2. The zero-order valence-corrected chi connectivity index (χ0v) is 12.4. The number of aromatic carboxylic acids is 1. The lowest BCUT2D eigenvalue weighted by Gasteiger charge is -2.16. The van der Waals surface area contributed by atoms with Gasteiger partial charge in [-0.2, -0.15) is 13.2 Å². The Morgan fingerprint density at radius 3 is 2.50 bits per heavy atom. The van der Waals surface area contributed by atoms with Crippen LogP contribution in [-0.4, -0.2) is 17.7 Å². The molecule has 1 heterocycles. The van der Waals surface area contributed by atoms with Crippen LogP contribution in [0.15, 0.2) is 42.5 Å². The predicted octanol–water partition coefficient (Wildman–Crippen LogP) is 3.63. The second kappa shape index (κ2) is 6.16. The number of carbonyl (C=O) groups is 1. The van der Waals surface area contributed by atoms with Gasteiger partial charge in [0.2, 0.25) is 0 Å². The van der Waals surface area contributed by atoms with Gasteiger partial charge in [-0.15, -0.1) is 0 Å². The summed E-state index contributed by atoms with van der Waals surface area (Å²) in [7, 11) is 0. The van der Waals surface area contributed by atoms with Gasteiger partial charge < -0.3 is 15.2 Å². The molecule has 2 aromatic carbocycles. The van der Waals surface area contributed by atoms with Gasteiger partial charge in [0.15, 0.2) is 0 Å². The van der Waals surface area contributed by atoms with Crippen molar-refractivity contribution in [3.8, 4) is 5.75 Å². The van der Waals surface area contributed by atoms with Crippen LogP contribution in [-0.2, 0) is 12.7 Å². The highest BCUT2D eigenvalue weighted by atomic mass is 19.4. The highest BCUT2D eigenvalue weighted by Gasteiger charge is 2.30. The summed E-state index contributed by atoms with van der Waals surface area (Å²) in [4.78, 5) is 11.0. The number of ether oxygens (including phenoxy) is 1. The topological polar surface area (TPSA) is 58.6 Å². The molecule has 0 spiro atoms. The number of fused-ring (bicyclic) bond motifs is 1. The van der Waals surface area contributed by atoms with Crippen molar-refractivity contribution >= 4 is 5.97 Å². The van der Waals surface area contributed by atoms with E-state index in [1.807, 2.05) is 0 Å². The fourth-order valence-electron chi connectivity index (χ4n) is 2.55. The molecule has 4 nitrogen and oxygen atoms in total. The van der Waals surface area contributed by atoms with E-state index in [0.29, 0.717) is 17.9 Å². The highest BCUT2D eigenvalue weighted by Crippen LogP contribution is 2.31. The molecule has 0 saturated carbocycles. The summed E-state index contributed by atoms with van der Waals surface area (Å²) in [5.41, 5.74) is 0.903. The fraction of sp³-hybridized carbons (Fsp3) is 0.235. The summed E-state index contributed by atoms with van der Waals surface area (Å²) in [6, 6.07) is 9.24. The van der Waals surface area contributed by atoms with Crippen LogP contribution in [0.2, 0.25) is 0 Å². The average Bonchev–Trinajstić information content (AvgIpc) is 2.76. The van der Waals surface area contributed by atoms with Crippen LogP contribution in [0.25, 0.3) is 0 Å². The number of benzene rings is 2. The summed E-state index contributed by atoms with van der Waals surface area (Å²) in [6.07, 6.45) is -4.37.